The van der Waals surface area contributed by atoms with E-state index in [4.69, 9.17) is 16.3 Å². The van der Waals surface area contributed by atoms with E-state index in [0.717, 1.165) is 12.3 Å². The molecule has 1 aliphatic rings. The number of halogens is 4. The lowest BCUT2D eigenvalue weighted by molar-refractivity contribution is -0.139. The number of piperidine rings is 1. The second kappa shape index (κ2) is 10.9. The summed E-state index contributed by atoms with van der Waals surface area (Å²) in [6.45, 7) is 2.93. The first-order valence-corrected chi connectivity index (χ1v) is 11.2. The number of likely N-dealkylation sites (N-methyl/N-ethyl adjacent to an activating group) is 1. The molecule has 0 aliphatic carbocycles. The Balaban J connectivity index is 1.56. The lowest BCUT2D eigenvalue weighted by Gasteiger charge is -2.34. The fraction of sp³-hybridized carbons (Fsp3) is 0.435. The molecule has 1 aromatic heterocycles. The molecule has 2 heterocycles. The zero-order valence-electron chi connectivity index (χ0n) is 18.9. The van der Waals surface area contributed by atoms with Crippen LogP contribution in [0.4, 0.5) is 24.7 Å². The highest BCUT2D eigenvalue weighted by Gasteiger charge is 2.33. The van der Waals surface area contributed by atoms with Gasteiger partial charge in [0.05, 0.1) is 24.2 Å². The number of ether oxygens (including phenoxy) is 1. The molecule has 3 rings (SSSR count). The quantitative estimate of drug-likeness (QED) is 0.610. The summed E-state index contributed by atoms with van der Waals surface area (Å²) in [5, 5.41) is 2.69. The van der Waals surface area contributed by atoms with Gasteiger partial charge in [-0.1, -0.05) is 17.7 Å². The maximum atomic E-state index is 13.0. The highest BCUT2D eigenvalue weighted by molar-refractivity contribution is 6.33. The van der Waals surface area contributed by atoms with Crippen LogP contribution in [-0.2, 0) is 15.8 Å². The number of anilines is 2. The van der Waals surface area contributed by atoms with Crippen molar-refractivity contribution in [3.8, 4) is 5.75 Å². The summed E-state index contributed by atoms with van der Waals surface area (Å²) >= 11 is 6.05. The standard InChI is InChI=1S/C23H26ClF3N4O3/c1-3-30(14-20(32)29-17-5-4-6-18(12-17)34-2)22(33)15-7-9-31(10-8-15)21-19(24)11-16(13-28-21)23(25,26)27/h4-6,11-13,15H,3,7-10,14H2,1-2H3,(H,29,32). The van der Waals surface area contributed by atoms with Gasteiger partial charge in [-0.3, -0.25) is 9.59 Å². The predicted octanol–water partition coefficient (Wildman–Crippen LogP) is 4.47. The Bertz CT molecular complexity index is 1030. The average Bonchev–Trinajstić information content (AvgIpc) is 2.81. The summed E-state index contributed by atoms with van der Waals surface area (Å²) in [5.41, 5.74) is -0.334. The van der Waals surface area contributed by atoms with Crippen LogP contribution in [0.2, 0.25) is 5.02 Å². The number of alkyl halides is 3. The fourth-order valence-electron chi connectivity index (χ4n) is 3.84. The molecular weight excluding hydrogens is 473 g/mol. The van der Waals surface area contributed by atoms with Gasteiger partial charge in [0.15, 0.2) is 0 Å². The molecule has 1 aliphatic heterocycles. The fourth-order valence-corrected chi connectivity index (χ4v) is 4.12. The normalized spacial score (nSPS) is 14.6. The highest BCUT2D eigenvalue weighted by Crippen LogP contribution is 2.34. The van der Waals surface area contributed by atoms with Crippen molar-refractivity contribution in [2.75, 3.05) is 43.5 Å². The van der Waals surface area contributed by atoms with Gasteiger partial charge < -0.3 is 19.9 Å². The van der Waals surface area contributed by atoms with E-state index in [1.165, 1.54) is 12.0 Å². The van der Waals surface area contributed by atoms with Crippen LogP contribution in [0.1, 0.15) is 25.3 Å². The van der Waals surface area contributed by atoms with Crippen LogP contribution in [0.15, 0.2) is 36.5 Å². The third-order valence-corrected chi connectivity index (χ3v) is 5.95. The number of nitrogens with zero attached hydrogens (tertiary/aromatic N) is 3. The largest absolute Gasteiger partial charge is 0.497 e. The highest BCUT2D eigenvalue weighted by atomic mass is 35.5. The molecule has 1 N–H and O–H groups in total. The molecular formula is C23H26ClF3N4O3. The van der Waals surface area contributed by atoms with Crippen molar-refractivity contribution in [1.82, 2.24) is 9.88 Å². The molecule has 184 valence electrons. The summed E-state index contributed by atoms with van der Waals surface area (Å²) < 4.78 is 43.7. The Morgan fingerprint density at radius 1 is 1.26 bits per heavy atom. The van der Waals surface area contributed by atoms with Crippen molar-refractivity contribution in [2.45, 2.75) is 25.9 Å². The molecule has 0 spiro atoms. The van der Waals surface area contributed by atoms with E-state index < -0.39 is 11.7 Å². The second-order valence-electron chi connectivity index (χ2n) is 7.92. The number of carbonyl (C=O) groups excluding carboxylic acids is 2. The minimum atomic E-state index is -4.52. The Morgan fingerprint density at radius 2 is 1.97 bits per heavy atom. The Labute approximate surface area is 200 Å². The predicted molar refractivity (Wildman–Crippen MR) is 123 cm³/mol. The summed E-state index contributed by atoms with van der Waals surface area (Å²) in [6.07, 6.45) is -2.80. The monoisotopic (exact) mass is 498 g/mol. The third-order valence-electron chi connectivity index (χ3n) is 5.67. The number of amides is 2. The van der Waals surface area contributed by atoms with Crippen LogP contribution in [0, 0.1) is 5.92 Å². The molecule has 0 unspecified atom stereocenters. The van der Waals surface area contributed by atoms with Gasteiger partial charge >= 0.3 is 6.18 Å². The Hall–Kier alpha value is -3.01. The van der Waals surface area contributed by atoms with Gasteiger partial charge in [-0.15, -0.1) is 0 Å². The van der Waals surface area contributed by atoms with E-state index in [1.54, 1.807) is 36.1 Å². The van der Waals surface area contributed by atoms with Gasteiger partial charge in [-0.25, -0.2) is 4.98 Å². The topological polar surface area (TPSA) is 74.8 Å². The first-order chi connectivity index (χ1) is 16.1. The first kappa shape index (κ1) is 25.6. The Kier molecular flexibility index (Phi) is 8.24. The number of carbonyl (C=O) groups is 2. The summed E-state index contributed by atoms with van der Waals surface area (Å²) in [7, 11) is 1.53. The zero-order valence-corrected chi connectivity index (χ0v) is 19.6. The van der Waals surface area contributed by atoms with Crippen molar-refractivity contribution in [3.63, 3.8) is 0 Å². The number of nitrogens with one attached hydrogen (secondary N) is 1. The molecule has 1 fully saturated rings. The molecule has 0 atom stereocenters. The number of rotatable bonds is 7. The number of aromatic nitrogens is 1. The molecule has 2 amide bonds. The van der Waals surface area contributed by atoms with Gasteiger partial charge in [-0.05, 0) is 38.0 Å². The maximum absolute atomic E-state index is 13.0. The number of hydrogen-bond donors (Lipinski definition) is 1. The molecule has 2 aromatic rings. The maximum Gasteiger partial charge on any atom is 0.417 e. The summed E-state index contributed by atoms with van der Waals surface area (Å²) in [5.74, 6) is 0.131. The van der Waals surface area contributed by atoms with Crippen molar-refractivity contribution < 1.29 is 27.5 Å². The van der Waals surface area contributed by atoms with Gasteiger partial charge in [0.2, 0.25) is 11.8 Å². The first-order valence-electron chi connectivity index (χ1n) is 10.8. The van der Waals surface area contributed by atoms with E-state index in [0.29, 0.717) is 43.9 Å². The van der Waals surface area contributed by atoms with Crippen LogP contribution in [0.5, 0.6) is 5.75 Å². The van der Waals surface area contributed by atoms with Crippen LogP contribution < -0.4 is 15.0 Å². The van der Waals surface area contributed by atoms with Crippen molar-refractivity contribution in [1.29, 1.82) is 0 Å². The molecule has 11 heteroatoms. The third kappa shape index (κ3) is 6.31. The van der Waals surface area contributed by atoms with Crippen LogP contribution >= 0.6 is 11.6 Å². The van der Waals surface area contributed by atoms with E-state index in [-0.39, 0.29) is 35.1 Å². The summed E-state index contributed by atoms with van der Waals surface area (Å²) in [6, 6.07) is 7.79. The minimum Gasteiger partial charge on any atom is -0.497 e. The molecule has 1 aromatic carbocycles. The van der Waals surface area contributed by atoms with Gasteiger partial charge in [0, 0.05) is 43.5 Å². The van der Waals surface area contributed by atoms with Gasteiger partial charge in [0.1, 0.15) is 11.6 Å². The van der Waals surface area contributed by atoms with Crippen LogP contribution in [0.25, 0.3) is 0 Å². The minimum absolute atomic E-state index is 0.0796. The second-order valence-corrected chi connectivity index (χ2v) is 8.33. The molecule has 1 saturated heterocycles. The molecule has 0 bridgehead atoms. The van der Waals surface area contributed by atoms with Gasteiger partial charge in [0.25, 0.3) is 0 Å². The van der Waals surface area contributed by atoms with E-state index in [9.17, 15) is 22.8 Å². The zero-order chi connectivity index (χ0) is 24.9. The number of methoxy groups -OCH3 is 1. The lowest BCUT2D eigenvalue weighted by Crippen LogP contribution is -2.45. The van der Waals surface area contributed by atoms with E-state index >= 15 is 0 Å². The molecule has 0 saturated carbocycles. The van der Waals surface area contributed by atoms with Crippen molar-refractivity contribution in [2.24, 2.45) is 5.92 Å². The molecule has 34 heavy (non-hydrogen) atoms. The number of hydrogen-bond acceptors (Lipinski definition) is 5. The van der Waals surface area contributed by atoms with Crippen LogP contribution in [-0.4, -0.2) is 55.0 Å². The molecule has 7 nitrogen and oxygen atoms in total. The molecule has 0 radical (unpaired) electrons. The number of benzene rings is 1. The van der Waals surface area contributed by atoms with E-state index in [1.807, 2.05) is 0 Å². The average molecular weight is 499 g/mol. The van der Waals surface area contributed by atoms with Crippen LogP contribution in [0.3, 0.4) is 0 Å². The Morgan fingerprint density at radius 3 is 2.56 bits per heavy atom. The van der Waals surface area contributed by atoms with Crippen molar-refractivity contribution in [3.05, 3.63) is 47.1 Å². The number of pyridine rings is 1. The SMILES string of the molecule is CCN(CC(=O)Nc1cccc(OC)c1)C(=O)C1CCN(c2ncc(C(F)(F)F)cc2Cl)CC1. The lowest BCUT2D eigenvalue weighted by atomic mass is 9.95. The van der Waals surface area contributed by atoms with Gasteiger partial charge in [-0.2, -0.15) is 13.2 Å². The van der Waals surface area contributed by atoms with E-state index in [2.05, 4.69) is 10.3 Å². The van der Waals surface area contributed by atoms with Crippen molar-refractivity contribution >= 4 is 34.9 Å². The summed E-state index contributed by atoms with van der Waals surface area (Å²) in [4.78, 5) is 32.7. The smallest absolute Gasteiger partial charge is 0.417 e.